The highest BCUT2D eigenvalue weighted by molar-refractivity contribution is 5.81. The molecule has 0 atom stereocenters. The van der Waals surface area contributed by atoms with E-state index in [4.69, 9.17) is 28.4 Å². The van der Waals surface area contributed by atoms with Gasteiger partial charge in [-0.1, -0.05) is 19.4 Å². The Bertz CT molecular complexity index is 470. The molecule has 0 unspecified atom stereocenters. The predicted molar refractivity (Wildman–Crippen MR) is 117 cm³/mol. The molecular formula is C22H41NO8. The van der Waals surface area contributed by atoms with E-state index in [0.29, 0.717) is 72.6 Å². The molecular weight excluding hydrogens is 406 g/mol. The summed E-state index contributed by atoms with van der Waals surface area (Å²) in [4.78, 5) is 23.0. The Morgan fingerprint density at radius 3 is 1.68 bits per heavy atom. The summed E-state index contributed by atoms with van der Waals surface area (Å²) in [6.45, 7) is 14.5. The Labute approximate surface area is 186 Å². The van der Waals surface area contributed by atoms with E-state index < -0.39 is 0 Å². The van der Waals surface area contributed by atoms with E-state index >= 15 is 0 Å². The highest BCUT2D eigenvalue weighted by Gasteiger charge is 2.06. The van der Waals surface area contributed by atoms with Crippen LogP contribution >= 0.6 is 0 Å². The summed E-state index contributed by atoms with van der Waals surface area (Å²) < 4.78 is 31.9. The lowest BCUT2D eigenvalue weighted by Crippen LogP contribution is -2.31. The van der Waals surface area contributed by atoms with Gasteiger partial charge >= 0.3 is 0 Å². The average molecular weight is 448 g/mol. The predicted octanol–water partition coefficient (Wildman–Crippen LogP) is 1.39. The highest BCUT2D eigenvalue weighted by Crippen LogP contribution is 1.95. The van der Waals surface area contributed by atoms with Crippen LogP contribution in [0.25, 0.3) is 0 Å². The van der Waals surface area contributed by atoms with E-state index in [9.17, 15) is 9.59 Å². The molecule has 0 heterocycles. The van der Waals surface area contributed by atoms with Crippen molar-refractivity contribution in [3.63, 3.8) is 0 Å². The van der Waals surface area contributed by atoms with Gasteiger partial charge in [-0.25, -0.2) is 0 Å². The standard InChI is InChI=1S/C22H41NO8/c1-19(2)5-7-26-9-10-28-11-12-29-14-16-31-18-22(25)23-6-8-27-13-15-30-17-21(24)20(3)4/h20H,1,5-18H2,2-4H3,(H,23,25). The van der Waals surface area contributed by atoms with E-state index in [1.54, 1.807) is 0 Å². The summed E-state index contributed by atoms with van der Waals surface area (Å²) in [5.41, 5.74) is 1.11. The lowest BCUT2D eigenvalue weighted by molar-refractivity contribution is -0.128. The maximum absolute atomic E-state index is 11.6. The topological polar surface area (TPSA) is 102 Å². The van der Waals surface area contributed by atoms with Crippen LogP contribution in [0.15, 0.2) is 12.2 Å². The van der Waals surface area contributed by atoms with Crippen molar-refractivity contribution >= 4 is 11.7 Å². The zero-order valence-corrected chi connectivity index (χ0v) is 19.4. The fourth-order valence-corrected chi connectivity index (χ4v) is 1.94. The molecule has 9 nitrogen and oxygen atoms in total. The van der Waals surface area contributed by atoms with Gasteiger partial charge in [0.1, 0.15) is 13.2 Å². The van der Waals surface area contributed by atoms with Gasteiger partial charge in [-0.15, -0.1) is 6.58 Å². The van der Waals surface area contributed by atoms with Gasteiger partial charge in [0.05, 0.1) is 66.1 Å². The molecule has 1 N–H and O–H groups in total. The number of amides is 1. The van der Waals surface area contributed by atoms with E-state index in [-0.39, 0.29) is 30.8 Å². The van der Waals surface area contributed by atoms with Gasteiger partial charge in [0.25, 0.3) is 0 Å². The zero-order chi connectivity index (χ0) is 23.2. The van der Waals surface area contributed by atoms with Gasteiger partial charge in [0, 0.05) is 12.5 Å². The fourth-order valence-electron chi connectivity index (χ4n) is 1.94. The lowest BCUT2D eigenvalue weighted by atomic mass is 10.1. The molecule has 0 aromatic rings. The first-order valence-corrected chi connectivity index (χ1v) is 10.8. The van der Waals surface area contributed by atoms with Crippen LogP contribution in [0.1, 0.15) is 27.2 Å². The molecule has 0 fully saturated rings. The normalized spacial score (nSPS) is 11.1. The molecule has 0 saturated carbocycles. The van der Waals surface area contributed by atoms with Crippen molar-refractivity contribution in [1.82, 2.24) is 5.32 Å². The molecule has 0 rings (SSSR count). The zero-order valence-electron chi connectivity index (χ0n) is 19.4. The van der Waals surface area contributed by atoms with Crippen LogP contribution in [0.4, 0.5) is 0 Å². The number of rotatable bonds is 23. The summed E-state index contributed by atoms with van der Waals surface area (Å²) in [6.07, 6.45) is 0.868. The average Bonchev–Trinajstić information content (AvgIpc) is 2.72. The van der Waals surface area contributed by atoms with Crippen molar-refractivity contribution in [3.05, 3.63) is 12.2 Å². The number of Topliss-reactive ketones (excluding diaryl/α,β-unsaturated/α-hetero) is 1. The minimum absolute atomic E-state index is 0.0218. The first kappa shape index (κ1) is 29.6. The van der Waals surface area contributed by atoms with Gasteiger partial charge in [-0.05, 0) is 13.3 Å². The third-order valence-corrected chi connectivity index (χ3v) is 3.85. The number of ether oxygens (including phenoxy) is 6. The largest absolute Gasteiger partial charge is 0.379 e. The second-order valence-corrected chi connectivity index (χ2v) is 7.23. The Morgan fingerprint density at radius 2 is 1.16 bits per heavy atom. The SMILES string of the molecule is C=C(C)CCOCCOCCOCCOCC(=O)NCCOCCOCC(=O)C(C)C. The van der Waals surface area contributed by atoms with E-state index in [0.717, 1.165) is 12.0 Å². The summed E-state index contributed by atoms with van der Waals surface area (Å²) in [5.74, 6) is -0.162. The number of hydrogen-bond donors (Lipinski definition) is 1. The number of carbonyl (C=O) groups excluding carboxylic acids is 2. The first-order chi connectivity index (χ1) is 14.9. The summed E-state index contributed by atoms with van der Waals surface area (Å²) in [7, 11) is 0. The van der Waals surface area contributed by atoms with Crippen LogP contribution < -0.4 is 5.32 Å². The van der Waals surface area contributed by atoms with Gasteiger partial charge < -0.3 is 33.7 Å². The minimum Gasteiger partial charge on any atom is -0.379 e. The Kier molecular flexibility index (Phi) is 20.9. The maximum atomic E-state index is 11.6. The molecule has 0 aromatic carbocycles. The third kappa shape index (κ3) is 23.1. The Balaban J connectivity index is 3.23. The molecule has 0 radical (unpaired) electrons. The Morgan fingerprint density at radius 1 is 0.710 bits per heavy atom. The monoisotopic (exact) mass is 447 g/mol. The first-order valence-electron chi connectivity index (χ1n) is 10.8. The number of hydrogen-bond acceptors (Lipinski definition) is 8. The van der Waals surface area contributed by atoms with Gasteiger partial charge in [0.15, 0.2) is 5.78 Å². The van der Waals surface area contributed by atoms with E-state index in [2.05, 4.69) is 11.9 Å². The van der Waals surface area contributed by atoms with Crippen molar-refractivity contribution in [1.29, 1.82) is 0 Å². The summed E-state index contributed by atoms with van der Waals surface area (Å²) in [6, 6.07) is 0. The van der Waals surface area contributed by atoms with Crippen molar-refractivity contribution in [2.24, 2.45) is 5.92 Å². The minimum atomic E-state index is -0.211. The van der Waals surface area contributed by atoms with Crippen LogP contribution in [-0.2, 0) is 38.0 Å². The molecule has 31 heavy (non-hydrogen) atoms. The van der Waals surface area contributed by atoms with Gasteiger partial charge in [-0.3, -0.25) is 9.59 Å². The number of carbonyl (C=O) groups is 2. The Hall–Kier alpha value is -1.36. The molecule has 0 aliphatic rings. The molecule has 9 heteroatoms. The summed E-state index contributed by atoms with van der Waals surface area (Å²) in [5, 5.41) is 2.69. The molecule has 1 amide bonds. The molecule has 0 aliphatic carbocycles. The molecule has 0 aliphatic heterocycles. The molecule has 0 saturated heterocycles. The van der Waals surface area contributed by atoms with Gasteiger partial charge in [-0.2, -0.15) is 0 Å². The fraction of sp³-hybridized carbons (Fsp3) is 0.818. The second kappa shape index (κ2) is 21.9. The molecule has 182 valence electrons. The molecule has 0 bridgehead atoms. The van der Waals surface area contributed by atoms with Crippen molar-refractivity contribution in [3.8, 4) is 0 Å². The molecule has 0 aromatic heterocycles. The summed E-state index contributed by atoms with van der Waals surface area (Å²) >= 11 is 0. The van der Waals surface area contributed by atoms with E-state index in [1.165, 1.54) is 0 Å². The third-order valence-electron chi connectivity index (χ3n) is 3.85. The van der Waals surface area contributed by atoms with Gasteiger partial charge in [0.2, 0.25) is 5.91 Å². The smallest absolute Gasteiger partial charge is 0.246 e. The van der Waals surface area contributed by atoms with Crippen LogP contribution in [0.3, 0.4) is 0 Å². The van der Waals surface area contributed by atoms with E-state index in [1.807, 2.05) is 20.8 Å². The maximum Gasteiger partial charge on any atom is 0.246 e. The van der Waals surface area contributed by atoms with Crippen molar-refractivity contribution < 1.29 is 38.0 Å². The quantitative estimate of drug-likeness (QED) is 0.185. The van der Waals surface area contributed by atoms with Crippen LogP contribution in [0.5, 0.6) is 0 Å². The second-order valence-electron chi connectivity index (χ2n) is 7.23. The number of ketones is 1. The van der Waals surface area contributed by atoms with Crippen LogP contribution in [0, 0.1) is 5.92 Å². The molecule has 0 spiro atoms. The van der Waals surface area contributed by atoms with Crippen molar-refractivity contribution in [2.45, 2.75) is 27.2 Å². The van der Waals surface area contributed by atoms with Crippen LogP contribution in [0.2, 0.25) is 0 Å². The number of nitrogens with one attached hydrogen (secondary N) is 1. The van der Waals surface area contributed by atoms with Crippen LogP contribution in [-0.4, -0.2) is 97.5 Å². The van der Waals surface area contributed by atoms with Crippen molar-refractivity contribution in [2.75, 3.05) is 85.8 Å². The highest BCUT2D eigenvalue weighted by atomic mass is 16.6. The lowest BCUT2D eigenvalue weighted by Gasteiger charge is -2.09.